The van der Waals surface area contributed by atoms with E-state index >= 15 is 0 Å². The molecular weight excluding hydrogens is 412 g/mol. The van der Waals surface area contributed by atoms with E-state index in [0.29, 0.717) is 36.6 Å². The van der Waals surface area contributed by atoms with Crippen LogP contribution in [0, 0.1) is 5.41 Å². The summed E-state index contributed by atoms with van der Waals surface area (Å²) < 4.78 is 15.8. The fourth-order valence-electron chi connectivity index (χ4n) is 3.88. The maximum Gasteiger partial charge on any atom is 0.328 e. The van der Waals surface area contributed by atoms with Crippen LogP contribution in [0.4, 0.5) is 0 Å². The second kappa shape index (κ2) is 10.3. The van der Waals surface area contributed by atoms with E-state index in [9.17, 15) is 14.4 Å². The number of carbonyl (C=O) groups is 3. The quantitative estimate of drug-likeness (QED) is 0.635. The molecule has 2 atom stereocenters. The minimum absolute atomic E-state index is 0.225. The Hall–Kier alpha value is -3.39. The van der Waals surface area contributed by atoms with Crippen molar-refractivity contribution < 1.29 is 28.6 Å². The molecule has 8 heteroatoms. The molecule has 0 bridgehead atoms. The Morgan fingerprint density at radius 1 is 1.03 bits per heavy atom. The third-order valence-corrected chi connectivity index (χ3v) is 5.40. The summed E-state index contributed by atoms with van der Waals surface area (Å²) in [5.74, 6) is 0.0787. The van der Waals surface area contributed by atoms with Gasteiger partial charge in [-0.05, 0) is 42.8 Å². The minimum atomic E-state index is -0.695. The number of esters is 1. The van der Waals surface area contributed by atoms with Crippen LogP contribution in [-0.2, 0) is 19.1 Å². The summed E-state index contributed by atoms with van der Waals surface area (Å²) in [6.07, 6.45) is 0.441. The Morgan fingerprint density at radius 2 is 1.69 bits per heavy atom. The topological polar surface area (TPSA) is 94.2 Å². The zero-order valence-electron chi connectivity index (χ0n) is 18.5. The molecule has 1 aliphatic heterocycles. The van der Waals surface area contributed by atoms with Crippen LogP contribution in [0.25, 0.3) is 0 Å². The monoisotopic (exact) mass is 440 g/mol. The molecule has 1 saturated heterocycles. The lowest BCUT2D eigenvalue weighted by Gasteiger charge is -2.24. The first kappa shape index (κ1) is 23.3. The fourth-order valence-corrected chi connectivity index (χ4v) is 3.88. The number of benzene rings is 2. The van der Waals surface area contributed by atoms with Gasteiger partial charge in [-0.25, -0.2) is 4.79 Å². The normalized spacial score (nSPS) is 20.0. The van der Waals surface area contributed by atoms with Crippen molar-refractivity contribution in [2.75, 3.05) is 33.9 Å². The number of likely N-dealkylation sites (tertiary alicyclic amines) is 1. The Bertz CT molecular complexity index is 947. The summed E-state index contributed by atoms with van der Waals surface area (Å²) in [6, 6.07) is 15.2. The predicted octanol–water partition coefficient (Wildman–Crippen LogP) is 2.64. The van der Waals surface area contributed by atoms with Gasteiger partial charge in [0.25, 0.3) is 5.91 Å². The van der Waals surface area contributed by atoms with Gasteiger partial charge in [0, 0.05) is 24.6 Å². The molecule has 2 aromatic carbocycles. The number of para-hydroxylation sites is 1. The van der Waals surface area contributed by atoms with Crippen LogP contribution in [-0.4, -0.2) is 62.6 Å². The van der Waals surface area contributed by atoms with Crippen LogP contribution < -0.4 is 10.1 Å². The molecule has 1 heterocycles. The van der Waals surface area contributed by atoms with Crippen molar-refractivity contribution in [2.24, 2.45) is 5.41 Å². The molecule has 32 heavy (non-hydrogen) atoms. The number of hydrogen-bond acceptors (Lipinski definition) is 6. The number of amides is 2. The van der Waals surface area contributed by atoms with E-state index < -0.39 is 17.9 Å². The summed E-state index contributed by atoms with van der Waals surface area (Å²) in [5.41, 5.74) is 0.0374. The third kappa shape index (κ3) is 5.64. The molecule has 1 fully saturated rings. The SMILES string of the molecule is COC[C@@]1(C)C[C@@H](C(=O)OC)N(C(=O)CNC(=O)c2ccc(Oc3ccccc3)cc2)C1. The van der Waals surface area contributed by atoms with Crippen LogP contribution in [0.15, 0.2) is 54.6 Å². The second-order valence-corrected chi connectivity index (χ2v) is 8.13. The van der Waals surface area contributed by atoms with Crippen molar-refractivity contribution in [1.82, 2.24) is 10.2 Å². The smallest absolute Gasteiger partial charge is 0.328 e. The first-order valence-electron chi connectivity index (χ1n) is 10.3. The lowest BCUT2D eigenvalue weighted by atomic mass is 9.89. The Morgan fingerprint density at radius 3 is 2.31 bits per heavy atom. The van der Waals surface area contributed by atoms with Gasteiger partial charge in [-0.1, -0.05) is 25.1 Å². The molecule has 2 amide bonds. The van der Waals surface area contributed by atoms with Gasteiger partial charge in [-0.2, -0.15) is 0 Å². The first-order chi connectivity index (χ1) is 15.3. The minimum Gasteiger partial charge on any atom is -0.467 e. The van der Waals surface area contributed by atoms with E-state index in [2.05, 4.69) is 5.32 Å². The molecule has 0 aliphatic carbocycles. The third-order valence-electron chi connectivity index (χ3n) is 5.40. The number of carbonyl (C=O) groups excluding carboxylic acids is 3. The van der Waals surface area contributed by atoms with Gasteiger partial charge in [0.05, 0.1) is 20.3 Å². The zero-order chi connectivity index (χ0) is 23.1. The van der Waals surface area contributed by atoms with Gasteiger partial charge >= 0.3 is 5.97 Å². The summed E-state index contributed by atoms with van der Waals surface area (Å²) in [6.45, 7) is 2.49. The van der Waals surface area contributed by atoms with Crippen molar-refractivity contribution in [2.45, 2.75) is 19.4 Å². The summed E-state index contributed by atoms with van der Waals surface area (Å²) in [5, 5.41) is 2.63. The van der Waals surface area contributed by atoms with Gasteiger partial charge < -0.3 is 24.4 Å². The molecule has 8 nitrogen and oxygen atoms in total. The number of nitrogens with one attached hydrogen (secondary N) is 1. The average Bonchev–Trinajstić information content (AvgIpc) is 3.15. The van der Waals surface area contributed by atoms with Crippen LogP contribution >= 0.6 is 0 Å². The van der Waals surface area contributed by atoms with Gasteiger partial charge in [0.1, 0.15) is 17.5 Å². The van der Waals surface area contributed by atoms with E-state index in [1.165, 1.54) is 12.0 Å². The average molecular weight is 440 g/mol. The standard InChI is InChI=1S/C24H28N2O6/c1-24(16-30-2)13-20(23(29)31-3)26(15-24)21(27)14-25-22(28)17-9-11-19(12-10-17)32-18-7-5-4-6-8-18/h4-12,20H,13-16H2,1-3H3,(H,25,28)/t20-,24-/m0/s1. The molecule has 0 radical (unpaired) electrons. The van der Waals surface area contributed by atoms with Crippen molar-refractivity contribution in [3.05, 3.63) is 60.2 Å². The van der Waals surface area contributed by atoms with Crippen LogP contribution in [0.3, 0.4) is 0 Å². The fraction of sp³-hybridized carbons (Fsp3) is 0.375. The highest BCUT2D eigenvalue weighted by Crippen LogP contribution is 2.35. The molecule has 0 unspecified atom stereocenters. The second-order valence-electron chi connectivity index (χ2n) is 8.13. The zero-order valence-corrected chi connectivity index (χ0v) is 18.5. The Balaban J connectivity index is 1.58. The lowest BCUT2D eigenvalue weighted by Crippen LogP contribution is -2.46. The molecule has 1 aliphatic rings. The largest absolute Gasteiger partial charge is 0.467 e. The van der Waals surface area contributed by atoms with Gasteiger partial charge in [-0.15, -0.1) is 0 Å². The highest BCUT2D eigenvalue weighted by molar-refractivity contribution is 5.97. The van der Waals surface area contributed by atoms with Crippen molar-refractivity contribution in [1.29, 1.82) is 0 Å². The summed E-state index contributed by atoms with van der Waals surface area (Å²) >= 11 is 0. The number of nitrogens with zero attached hydrogens (tertiary/aromatic N) is 1. The number of rotatable bonds is 8. The Kier molecular flexibility index (Phi) is 7.48. The van der Waals surface area contributed by atoms with Crippen molar-refractivity contribution in [3.8, 4) is 11.5 Å². The van der Waals surface area contributed by atoms with E-state index in [-0.39, 0.29) is 17.9 Å². The van der Waals surface area contributed by atoms with E-state index in [0.717, 1.165) is 0 Å². The molecule has 0 spiro atoms. The highest BCUT2D eigenvalue weighted by Gasteiger charge is 2.46. The molecule has 3 rings (SSSR count). The van der Waals surface area contributed by atoms with Gasteiger partial charge in [0.15, 0.2) is 0 Å². The maximum absolute atomic E-state index is 12.8. The van der Waals surface area contributed by atoms with E-state index in [1.807, 2.05) is 37.3 Å². The molecule has 2 aromatic rings. The molecule has 1 N–H and O–H groups in total. The Labute approximate surface area is 187 Å². The first-order valence-corrected chi connectivity index (χ1v) is 10.3. The molecule has 170 valence electrons. The predicted molar refractivity (Wildman–Crippen MR) is 117 cm³/mol. The lowest BCUT2D eigenvalue weighted by molar-refractivity contribution is -0.150. The van der Waals surface area contributed by atoms with E-state index in [4.69, 9.17) is 14.2 Å². The van der Waals surface area contributed by atoms with Crippen LogP contribution in [0.1, 0.15) is 23.7 Å². The maximum atomic E-state index is 12.8. The van der Waals surface area contributed by atoms with Crippen molar-refractivity contribution in [3.63, 3.8) is 0 Å². The number of ether oxygens (including phenoxy) is 3. The number of methoxy groups -OCH3 is 2. The van der Waals surface area contributed by atoms with Crippen LogP contribution in [0.2, 0.25) is 0 Å². The summed E-state index contributed by atoms with van der Waals surface area (Å²) in [4.78, 5) is 39.0. The molecule has 0 saturated carbocycles. The highest BCUT2D eigenvalue weighted by atomic mass is 16.5. The summed E-state index contributed by atoms with van der Waals surface area (Å²) in [7, 11) is 2.88. The van der Waals surface area contributed by atoms with E-state index in [1.54, 1.807) is 31.4 Å². The van der Waals surface area contributed by atoms with Crippen LogP contribution in [0.5, 0.6) is 11.5 Å². The molecule has 0 aromatic heterocycles. The van der Waals surface area contributed by atoms with Gasteiger partial charge in [0.2, 0.25) is 5.91 Å². The molecular formula is C24H28N2O6. The van der Waals surface area contributed by atoms with Gasteiger partial charge in [-0.3, -0.25) is 9.59 Å². The number of hydrogen-bond donors (Lipinski definition) is 1. The van der Waals surface area contributed by atoms with Crippen molar-refractivity contribution >= 4 is 17.8 Å².